The van der Waals surface area contributed by atoms with Crippen molar-refractivity contribution in [3.8, 4) is 0 Å². The van der Waals surface area contributed by atoms with Gasteiger partial charge < -0.3 is 4.43 Å². The fourth-order valence-corrected chi connectivity index (χ4v) is 3.42. The molecule has 0 bridgehead atoms. The minimum atomic E-state index is -2.00. The van der Waals surface area contributed by atoms with E-state index in [4.69, 9.17) is 4.43 Å². The van der Waals surface area contributed by atoms with Crippen molar-refractivity contribution < 1.29 is 8.82 Å². The molecular formula is C12H21FOSi. The molecule has 0 amide bonds. The highest BCUT2D eigenvalue weighted by Gasteiger charge is 2.35. The Hall–Kier alpha value is -0.673. The van der Waals surface area contributed by atoms with Crippen LogP contribution in [0.25, 0.3) is 0 Å². The Labute approximate surface area is 93.5 Å². The van der Waals surface area contributed by atoms with E-state index in [1.807, 2.05) is 13.1 Å². The molecule has 15 heavy (non-hydrogen) atoms. The summed E-state index contributed by atoms with van der Waals surface area (Å²) in [6, 6.07) is 0.743. The monoisotopic (exact) mass is 228 g/mol. The Morgan fingerprint density at radius 2 is 1.60 bits per heavy atom. The van der Waals surface area contributed by atoms with Gasteiger partial charge in [-0.25, -0.2) is 4.39 Å². The normalized spacial score (nSPS) is 12.2. The van der Waals surface area contributed by atoms with Gasteiger partial charge in [-0.2, -0.15) is 0 Å². The van der Waals surface area contributed by atoms with Crippen LogP contribution in [0, 0.1) is 0 Å². The summed E-state index contributed by atoms with van der Waals surface area (Å²) >= 11 is 0. The van der Waals surface area contributed by atoms with Crippen LogP contribution in [0.3, 0.4) is 0 Å². The minimum absolute atomic E-state index is 0.201. The van der Waals surface area contributed by atoms with Crippen LogP contribution in [0.15, 0.2) is 38.0 Å². The van der Waals surface area contributed by atoms with Crippen molar-refractivity contribution >= 4 is 8.32 Å². The Morgan fingerprint density at radius 3 is 1.93 bits per heavy atom. The lowest BCUT2D eigenvalue weighted by atomic mass is 10.1. The second-order valence-electron chi connectivity index (χ2n) is 4.22. The predicted molar refractivity (Wildman–Crippen MR) is 67.0 cm³/mol. The Bertz CT molecular complexity index is 226. The number of allylic oxidation sites excluding steroid dienone is 1. The fourth-order valence-electron chi connectivity index (χ4n) is 1.48. The smallest absolute Gasteiger partial charge is 0.207 e. The lowest BCUT2D eigenvalue weighted by Gasteiger charge is -2.32. The van der Waals surface area contributed by atoms with Crippen molar-refractivity contribution in [2.75, 3.05) is 0 Å². The van der Waals surface area contributed by atoms with Crippen LogP contribution in [-0.2, 0) is 4.43 Å². The van der Waals surface area contributed by atoms with Gasteiger partial charge in [-0.15, -0.1) is 19.7 Å². The van der Waals surface area contributed by atoms with Crippen LogP contribution < -0.4 is 0 Å². The first-order chi connectivity index (χ1) is 6.89. The second-order valence-corrected chi connectivity index (χ2v) is 8.35. The molecule has 0 heterocycles. The average molecular weight is 228 g/mol. The third-order valence-electron chi connectivity index (χ3n) is 1.99. The summed E-state index contributed by atoms with van der Waals surface area (Å²) in [6.45, 7) is 14.7. The van der Waals surface area contributed by atoms with Crippen LogP contribution >= 0.6 is 0 Å². The molecule has 0 aliphatic heterocycles. The molecule has 0 atom stereocenters. The summed E-state index contributed by atoms with van der Waals surface area (Å²) in [6.07, 6.45) is 5.28. The molecule has 0 aromatic carbocycles. The Balaban J connectivity index is 4.57. The van der Waals surface area contributed by atoms with Gasteiger partial charge in [0, 0.05) is 12.8 Å². The first kappa shape index (κ1) is 14.3. The van der Waals surface area contributed by atoms with Gasteiger partial charge in [-0.3, -0.25) is 0 Å². The van der Waals surface area contributed by atoms with Gasteiger partial charge in [0.25, 0.3) is 0 Å². The van der Waals surface area contributed by atoms with Crippen LogP contribution in [0.1, 0.15) is 12.8 Å². The summed E-state index contributed by atoms with van der Waals surface area (Å²) in [4.78, 5) is 0. The number of alkyl halides is 1. The van der Waals surface area contributed by atoms with E-state index in [-0.39, 0.29) is 12.8 Å². The Morgan fingerprint density at radius 1 is 1.13 bits per heavy atom. The standard InChI is InChI=1S/C12H21FOSi/c1-6-9-12(13,10-7-2)14-15(4,5)11-8-3/h6-8H,1-3,9-11H2,4-5H3. The van der Waals surface area contributed by atoms with Crippen molar-refractivity contribution in [3.63, 3.8) is 0 Å². The summed E-state index contributed by atoms with van der Waals surface area (Å²) < 4.78 is 19.9. The van der Waals surface area contributed by atoms with Crippen molar-refractivity contribution in [1.29, 1.82) is 0 Å². The van der Waals surface area contributed by atoms with Gasteiger partial charge in [0.05, 0.1) is 0 Å². The molecule has 0 unspecified atom stereocenters. The van der Waals surface area contributed by atoms with Gasteiger partial charge in [0.1, 0.15) is 0 Å². The lowest BCUT2D eigenvalue weighted by Crippen LogP contribution is -2.41. The quantitative estimate of drug-likeness (QED) is 0.446. The zero-order valence-corrected chi connectivity index (χ0v) is 10.8. The number of hydrogen-bond acceptors (Lipinski definition) is 1. The van der Waals surface area contributed by atoms with Crippen molar-refractivity contribution in [2.45, 2.75) is 37.8 Å². The molecule has 0 saturated heterocycles. The zero-order chi connectivity index (χ0) is 11.9. The summed E-state index contributed by atoms with van der Waals surface area (Å²) in [5, 5.41) is 0. The highest BCUT2D eigenvalue weighted by Crippen LogP contribution is 2.29. The predicted octanol–water partition coefficient (Wildman–Crippen LogP) is 4.21. The molecule has 1 nitrogen and oxygen atoms in total. The zero-order valence-electron chi connectivity index (χ0n) is 9.76. The van der Waals surface area contributed by atoms with Crippen LogP contribution in [0.5, 0.6) is 0 Å². The van der Waals surface area contributed by atoms with Crippen molar-refractivity contribution in [3.05, 3.63) is 38.0 Å². The van der Waals surface area contributed by atoms with E-state index in [0.29, 0.717) is 0 Å². The molecule has 0 aliphatic rings. The molecule has 3 heteroatoms. The molecule has 0 saturated carbocycles. The number of rotatable bonds is 8. The molecule has 0 spiro atoms. The van der Waals surface area contributed by atoms with E-state index < -0.39 is 14.2 Å². The van der Waals surface area contributed by atoms with Crippen LogP contribution in [0.4, 0.5) is 4.39 Å². The SMILES string of the molecule is C=CCC(F)(CC=C)O[Si](C)(C)CC=C. The maximum absolute atomic E-state index is 14.2. The molecule has 0 N–H and O–H groups in total. The molecule has 0 aliphatic carbocycles. The van der Waals surface area contributed by atoms with E-state index in [2.05, 4.69) is 19.7 Å². The van der Waals surface area contributed by atoms with Gasteiger partial charge >= 0.3 is 0 Å². The highest BCUT2D eigenvalue weighted by atomic mass is 28.4. The van der Waals surface area contributed by atoms with Gasteiger partial charge in [0.2, 0.25) is 5.85 Å². The number of halogens is 1. The molecule has 0 fully saturated rings. The van der Waals surface area contributed by atoms with E-state index >= 15 is 0 Å². The van der Waals surface area contributed by atoms with Gasteiger partial charge in [-0.1, -0.05) is 18.2 Å². The molecule has 0 aromatic rings. The topological polar surface area (TPSA) is 9.23 Å². The van der Waals surface area contributed by atoms with E-state index in [1.165, 1.54) is 0 Å². The third kappa shape index (κ3) is 5.70. The lowest BCUT2D eigenvalue weighted by molar-refractivity contribution is -0.0640. The molecule has 0 rings (SSSR count). The maximum Gasteiger partial charge on any atom is 0.207 e. The van der Waals surface area contributed by atoms with Crippen LogP contribution in [0.2, 0.25) is 19.1 Å². The molecular weight excluding hydrogens is 207 g/mol. The number of hydrogen-bond donors (Lipinski definition) is 0. The van der Waals surface area contributed by atoms with Crippen LogP contribution in [-0.4, -0.2) is 14.2 Å². The first-order valence-corrected chi connectivity index (χ1v) is 8.22. The minimum Gasteiger partial charge on any atom is -0.386 e. The Kier molecular flexibility index (Phi) is 5.76. The van der Waals surface area contributed by atoms with Gasteiger partial charge in [0.15, 0.2) is 8.32 Å². The van der Waals surface area contributed by atoms with Crippen molar-refractivity contribution in [1.82, 2.24) is 0 Å². The highest BCUT2D eigenvalue weighted by molar-refractivity contribution is 6.71. The molecule has 0 aromatic heterocycles. The summed E-state index contributed by atoms with van der Waals surface area (Å²) in [7, 11) is -2.00. The van der Waals surface area contributed by atoms with E-state index in [9.17, 15) is 4.39 Å². The average Bonchev–Trinajstić information content (AvgIpc) is 2.02. The maximum atomic E-state index is 14.2. The van der Waals surface area contributed by atoms with Crippen molar-refractivity contribution in [2.24, 2.45) is 0 Å². The molecule has 86 valence electrons. The summed E-state index contributed by atoms with van der Waals surface area (Å²) in [5.41, 5.74) is 0. The van der Waals surface area contributed by atoms with E-state index in [1.54, 1.807) is 18.2 Å². The summed E-state index contributed by atoms with van der Waals surface area (Å²) in [5.74, 6) is -1.64. The molecule has 0 radical (unpaired) electrons. The first-order valence-electron chi connectivity index (χ1n) is 5.11. The van der Waals surface area contributed by atoms with E-state index in [0.717, 1.165) is 6.04 Å². The fraction of sp³-hybridized carbons (Fsp3) is 0.500. The van der Waals surface area contributed by atoms with Gasteiger partial charge in [-0.05, 0) is 19.1 Å². The second kappa shape index (κ2) is 6.03. The third-order valence-corrected chi connectivity index (χ3v) is 4.18. The largest absolute Gasteiger partial charge is 0.386 e.